The standard InChI is InChI=1S/C26H25N3O2S/c1-18-22-24(27-21-13-8-15-29(21)25(22)30)32-23(18)26(31)28(17-20-11-6-3-7-12-20)16-14-19-9-4-2-5-10-19/h2-7,9-12H,8,13-17H2,1H3. The Kier molecular flexibility index (Phi) is 5.62. The molecule has 5 rings (SSSR count). The highest BCUT2D eigenvalue weighted by atomic mass is 32.1. The summed E-state index contributed by atoms with van der Waals surface area (Å²) in [6, 6.07) is 20.3. The number of carbonyl (C=O) groups is 1. The third kappa shape index (κ3) is 3.86. The number of thiophene rings is 1. The minimum absolute atomic E-state index is 0.00538. The first-order valence-electron chi connectivity index (χ1n) is 11.0. The van der Waals surface area contributed by atoms with Gasteiger partial charge in [-0.05, 0) is 36.5 Å². The first-order valence-corrected chi connectivity index (χ1v) is 11.8. The molecular formula is C26H25N3O2S. The predicted octanol–water partition coefficient (Wildman–Crippen LogP) is 4.60. The molecule has 6 heteroatoms. The fourth-order valence-corrected chi connectivity index (χ4v) is 5.55. The molecule has 0 saturated heterocycles. The molecule has 0 saturated carbocycles. The van der Waals surface area contributed by atoms with Gasteiger partial charge in [0.25, 0.3) is 11.5 Å². The Morgan fingerprint density at radius 1 is 1.06 bits per heavy atom. The van der Waals surface area contributed by atoms with Crippen molar-refractivity contribution >= 4 is 27.5 Å². The Morgan fingerprint density at radius 2 is 1.75 bits per heavy atom. The lowest BCUT2D eigenvalue weighted by atomic mass is 10.1. The van der Waals surface area contributed by atoms with Gasteiger partial charge < -0.3 is 4.90 Å². The summed E-state index contributed by atoms with van der Waals surface area (Å²) in [4.78, 5) is 34.7. The maximum Gasteiger partial charge on any atom is 0.264 e. The number of carbonyl (C=O) groups excluding carboxylic acids is 1. The number of rotatable bonds is 6. The van der Waals surface area contributed by atoms with E-state index in [0.29, 0.717) is 34.7 Å². The molecule has 0 aliphatic carbocycles. The number of hydrogen-bond donors (Lipinski definition) is 0. The van der Waals surface area contributed by atoms with E-state index in [4.69, 9.17) is 4.98 Å². The first-order chi connectivity index (χ1) is 15.6. The van der Waals surface area contributed by atoms with Gasteiger partial charge in [0, 0.05) is 26.1 Å². The molecule has 0 bridgehead atoms. The number of aromatic nitrogens is 2. The van der Waals surface area contributed by atoms with Gasteiger partial charge in [-0.1, -0.05) is 60.7 Å². The molecule has 0 atom stereocenters. The number of benzene rings is 2. The SMILES string of the molecule is Cc1c(C(=O)N(CCc2ccccc2)Cc2ccccc2)sc2nc3n(c(=O)c12)CCC3. The average molecular weight is 444 g/mol. The van der Waals surface area contributed by atoms with Crippen LogP contribution in [0.25, 0.3) is 10.2 Å². The van der Waals surface area contributed by atoms with Crippen LogP contribution in [0.15, 0.2) is 65.5 Å². The second kappa shape index (κ2) is 8.71. The molecule has 0 radical (unpaired) electrons. The molecule has 0 N–H and O–H groups in total. The fourth-order valence-electron chi connectivity index (χ4n) is 4.39. The monoisotopic (exact) mass is 443 g/mol. The van der Waals surface area contributed by atoms with Crippen LogP contribution in [-0.4, -0.2) is 26.9 Å². The molecule has 32 heavy (non-hydrogen) atoms. The molecular weight excluding hydrogens is 418 g/mol. The highest BCUT2D eigenvalue weighted by molar-refractivity contribution is 7.20. The molecule has 0 spiro atoms. The highest BCUT2D eigenvalue weighted by Crippen LogP contribution is 2.30. The Balaban J connectivity index is 1.50. The van der Waals surface area contributed by atoms with Gasteiger partial charge in [-0.25, -0.2) is 4.98 Å². The van der Waals surface area contributed by atoms with Crippen molar-refractivity contribution in [3.8, 4) is 0 Å². The molecule has 162 valence electrons. The van der Waals surface area contributed by atoms with E-state index in [9.17, 15) is 9.59 Å². The summed E-state index contributed by atoms with van der Waals surface area (Å²) < 4.78 is 1.77. The van der Waals surface area contributed by atoms with E-state index in [1.54, 1.807) is 4.57 Å². The van der Waals surface area contributed by atoms with E-state index < -0.39 is 0 Å². The van der Waals surface area contributed by atoms with Crippen molar-refractivity contribution in [1.29, 1.82) is 0 Å². The summed E-state index contributed by atoms with van der Waals surface area (Å²) in [6.45, 7) is 3.74. The third-order valence-corrected chi connectivity index (χ3v) is 7.30. The third-order valence-electron chi connectivity index (χ3n) is 6.12. The summed E-state index contributed by atoms with van der Waals surface area (Å²) in [6.07, 6.45) is 2.55. The highest BCUT2D eigenvalue weighted by Gasteiger charge is 2.26. The lowest BCUT2D eigenvalue weighted by Gasteiger charge is -2.23. The molecule has 4 aromatic rings. The quantitative estimate of drug-likeness (QED) is 0.438. The topological polar surface area (TPSA) is 55.2 Å². The molecule has 5 nitrogen and oxygen atoms in total. The van der Waals surface area contributed by atoms with Gasteiger partial charge in [0.2, 0.25) is 0 Å². The van der Waals surface area contributed by atoms with E-state index >= 15 is 0 Å². The van der Waals surface area contributed by atoms with Crippen LogP contribution in [0.3, 0.4) is 0 Å². The van der Waals surface area contributed by atoms with Crippen LogP contribution in [-0.2, 0) is 25.9 Å². The molecule has 1 aliphatic heterocycles. The molecule has 0 unspecified atom stereocenters. The van der Waals surface area contributed by atoms with Crippen LogP contribution in [0.4, 0.5) is 0 Å². The van der Waals surface area contributed by atoms with Crippen molar-refractivity contribution in [3.63, 3.8) is 0 Å². The van der Waals surface area contributed by atoms with E-state index in [-0.39, 0.29) is 11.5 Å². The predicted molar refractivity (Wildman–Crippen MR) is 128 cm³/mol. The van der Waals surface area contributed by atoms with Gasteiger partial charge in [0.1, 0.15) is 10.7 Å². The number of fused-ring (bicyclic) bond motifs is 2. The van der Waals surface area contributed by atoms with E-state index in [2.05, 4.69) is 12.1 Å². The zero-order valence-corrected chi connectivity index (χ0v) is 18.9. The summed E-state index contributed by atoms with van der Waals surface area (Å²) in [7, 11) is 0. The van der Waals surface area contributed by atoms with Crippen LogP contribution in [0.1, 0.15) is 38.6 Å². The molecule has 1 amide bonds. The summed E-state index contributed by atoms with van der Waals surface area (Å²) in [5.74, 6) is 0.808. The van der Waals surface area contributed by atoms with Crippen molar-refractivity contribution in [3.05, 3.63) is 98.4 Å². The Labute approximate surface area is 191 Å². The first kappa shape index (κ1) is 20.6. The largest absolute Gasteiger partial charge is 0.333 e. The number of nitrogens with zero attached hydrogens (tertiary/aromatic N) is 3. The molecule has 2 aromatic heterocycles. The van der Waals surface area contributed by atoms with Crippen LogP contribution < -0.4 is 5.56 Å². The zero-order valence-electron chi connectivity index (χ0n) is 18.1. The maximum atomic E-state index is 13.7. The Hall–Kier alpha value is -3.25. The van der Waals surface area contributed by atoms with Crippen LogP contribution in [0.2, 0.25) is 0 Å². The van der Waals surface area contributed by atoms with E-state index in [1.165, 1.54) is 16.9 Å². The summed E-state index contributed by atoms with van der Waals surface area (Å²) >= 11 is 1.36. The van der Waals surface area contributed by atoms with Crippen LogP contribution >= 0.6 is 11.3 Å². The van der Waals surface area contributed by atoms with E-state index in [1.807, 2.05) is 60.4 Å². The minimum atomic E-state index is -0.0326. The maximum absolute atomic E-state index is 13.7. The summed E-state index contributed by atoms with van der Waals surface area (Å²) in [5.41, 5.74) is 3.04. The smallest absolute Gasteiger partial charge is 0.264 e. The van der Waals surface area contributed by atoms with Gasteiger partial charge in [-0.3, -0.25) is 14.2 Å². The number of hydrogen-bond acceptors (Lipinski definition) is 4. The minimum Gasteiger partial charge on any atom is -0.333 e. The Bertz CT molecular complexity index is 1330. The van der Waals surface area contributed by atoms with Crippen LogP contribution in [0.5, 0.6) is 0 Å². The normalized spacial score (nSPS) is 12.8. The van der Waals surface area contributed by atoms with Crippen molar-refractivity contribution in [1.82, 2.24) is 14.5 Å². The lowest BCUT2D eigenvalue weighted by Crippen LogP contribution is -2.32. The summed E-state index contributed by atoms with van der Waals surface area (Å²) in [5, 5.41) is 0.603. The fraction of sp³-hybridized carbons (Fsp3) is 0.269. The van der Waals surface area contributed by atoms with Gasteiger partial charge in [-0.2, -0.15) is 0 Å². The van der Waals surface area contributed by atoms with E-state index in [0.717, 1.165) is 36.2 Å². The number of aryl methyl sites for hydroxylation is 2. The molecule has 3 heterocycles. The molecule has 2 aromatic carbocycles. The van der Waals surface area contributed by atoms with Gasteiger partial charge >= 0.3 is 0 Å². The van der Waals surface area contributed by atoms with Crippen molar-refractivity contribution in [2.75, 3.05) is 6.54 Å². The van der Waals surface area contributed by atoms with Crippen molar-refractivity contribution in [2.24, 2.45) is 0 Å². The van der Waals surface area contributed by atoms with Gasteiger partial charge in [0.05, 0.1) is 10.3 Å². The van der Waals surface area contributed by atoms with Crippen molar-refractivity contribution < 1.29 is 4.79 Å². The van der Waals surface area contributed by atoms with Gasteiger partial charge in [-0.15, -0.1) is 11.3 Å². The van der Waals surface area contributed by atoms with Gasteiger partial charge in [0.15, 0.2) is 0 Å². The zero-order chi connectivity index (χ0) is 22.1. The second-order valence-corrected chi connectivity index (χ2v) is 9.27. The van der Waals surface area contributed by atoms with Crippen molar-refractivity contribution in [2.45, 2.75) is 39.3 Å². The second-order valence-electron chi connectivity index (χ2n) is 8.27. The average Bonchev–Trinajstić information content (AvgIpc) is 3.42. The molecule has 0 fully saturated rings. The molecule has 1 aliphatic rings. The lowest BCUT2D eigenvalue weighted by molar-refractivity contribution is 0.0749. The Morgan fingerprint density at radius 3 is 2.47 bits per heavy atom. The number of amides is 1. The van der Waals surface area contributed by atoms with Crippen LogP contribution in [0, 0.1) is 6.92 Å².